The monoisotopic (exact) mass is 189 g/mol. The first-order valence-electron chi connectivity index (χ1n) is 5.29. The first-order chi connectivity index (χ1) is 6.15. The summed E-state index contributed by atoms with van der Waals surface area (Å²) in [5, 5.41) is 0. The molecule has 0 radical (unpaired) electrons. The number of hydrogen-bond acceptors (Lipinski definition) is 3. The van der Waals surface area contributed by atoms with Crippen LogP contribution in [-0.2, 0) is 0 Å². The average molecular weight is 189 g/mol. The molecule has 0 unspecified atom stereocenters. The summed E-state index contributed by atoms with van der Waals surface area (Å²) >= 11 is 0. The standard InChI is InChI=1S/C8H19N3.C2H6.H2/c1-4-11-5-7(9)8(6-11)10(2)3;1-2;/h7-8H,4-6,9H2,1-3H3;1-2H3;1H/t7-,8-;;/m0../s1. The van der Waals surface area contributed by atoms with Gasteiger partial charge in [0.25, 0.3) is 0 Å². The zero-order valence-electron chi connectivity index (χ0n) is 9.75. The number of likely N-dealkylation sites (N-methyl/N-ethyl adjacent to an activating group) is 2. The maximum Gasteiger partial charge on any atom is 0.0380 e. The third-order valence-corrected chi connectivity index (χ3v) is 2.52. The molecule has 3 heteroatoms. The Kier molecular flexibility index (Phi) is 6.29. The maximum atomic E-state index is 5.96. The van der Waals surface area contributed by atoms with E-state index in [1.54, 1.807) is 0 Å². The Morgan fingerprint density at radius 1 is 1.38 bits per heavy atom. The molecule has 2 N–H and O–H groups in total. The van der Waals surface area contributed by atoms with E-state index in [0.717, 1.165) is 19.6 Å². The van der Waals surface area contributed by atoms with Crippen molar-refractivity contribution in [3.05, 3.63) is 0 Å². The summed E-state index contributed by atoms with van der Waals surface area (Å²) < 4.78 is 0. The summed E-state index contributed by atoms with van der Waals surface area (Å²) in [6, 6.07) is 0.889. The minimum Gasteiger partial charge on any atom is -0.325 e. The lowest BCUT2D eigenvalue weighted by molar-refractivity contribution is 0.268. The molecule has 0 aromatic heterocycles. The van der Waals surface area contributed by atoms with Gasteiger partial charge in [0.15, 0.2) is 0 Å². The smallest absolute Gasteiger partial charge is 0.0380 e. The molecule has 1 aliphatic heterocycles. The second kappa shape index (κ2) is 6.35. The summed E-state index contributed by atoms with van der Waals surface area (Å²) in [4.78, 5) is 4.62. The zero-order chi connectivity index (χ0) is 10.4. The Labute approximate surface area is 84.4 Å². The van der Waals surface area contributed by atoms with Crippen LogP contribution in [0.15, 0.2) is 0 Å². The zero-order valence-corrected chi connectivity index (χ0v) is 9.75. The fourth-order valence-electron chi connectivity index (χ4n) is 1.70. The van der Waals surface area contributed by atoms with Crippen LogP contribution in [-0.4, -0.2) is 55.6 Å². The first kappa shape index (κ1) is 12.9. The highest BCUT2D eigenvalue weighted by Gasteiger charge is 2.30. The van der Waals surface area contributed by atoms with Crippen molar-refractivity contribution in [2.45, 2.75) is 32.9 Å². The molecule has 2 atom stereocenters. The highest BCUT2D eigenvalue weighted by atomic mass is 15.3. The van der Waals surface area contributed by atoms with Crippen molar-refractivity contribution in [3.8, 4) is 0 Å². The van der Waals surface area contributed by atoms with Gasteiger partial charge in [-0.15, -0.1) is 0 Å². The van der Waals surface area contributed by atoms with Crippen LogP contribution < -0.4 is 5.73 Å². The molecule has 0 amide bonds. The van der Waals surface area contributed by atoms with Gasteiger partial charge in [0.2, 0.25) is 0 Å². The van der Waals surface area contributed by atoms with E-state index in [9.17, 15) is 0 Å². The SMILES string of the molecule is CC.CCN1C[C@H](N)[C@@H](N(C)C)C1.[HH]. The molecule has 1 heterocycles. The molecule has 13 heavy (non-hydrogen) atoms. The van der Waals surface area contributed by atoms with Gasteiger partial charge in [0.1, 0.15) is 0 Å². The lowest BCUT2D eigenvalue weighted by Gasteiger charge is -2.22. The number of nitrogens with two attached hydrogens (primary N) is 1. The van der Waals surface area contributed by atoms with Crippen molar-refractivity contribution in [1.29, 1.82) is 0 Å². The Balaban J connectivity index is 0. The van der Waals surface area contributed by atoms with E-state index in [1.807, 2.05) is 13.8 Å². The lowest BCUT2D eigenvalue weighted by atomic mass is 10.2. The first-order valence-corrected chi connectivity index (χ1v) is 5.29. The molecule has 0 bridgehead atoms. The van der Waals surface area contributed by atoms with Crippen molar-refractivity contribution in [1.82, 2.24) is 9.80 Å². The Bertz CT molecular complexity index is 131. The van der Waals surface area contributed by atoms with Crippen molar-refractivity contribution in [2.75, 3.05) is 33.7 Å². The Morgan fingerprint density at radius 2 is 1.92 bits per heavy atom. The topological polar surface area (TPSA) is 32.5 Å². The van der Waals surface area contributed by atoms with Gasteiger partial charge in [0, 0.05) is 26.6 Å². The van der Waals surface area contributed by atoms with Crippen LogP contribution in [0.25, 0.3) is 0 Å². The molecule has 0 saturated carbocycles. The highest BCUT2D eigenvalue weighted by molar-refractivity contribution is 4.91. The van der Waals surface area contributed by atoms with E-state index in [0.29, 0.717) is 12.1 Å². The predicted octanol–water partition coefficient (Wildman–Crippen LogP) is 0.852. The molecular formula is C10H27N3. The molecular weight excluding hydrogens is 162 g/mol. The van der Waals surface area contributed by atoms with Crippen molar-refractivity contribution in [3.63, 3.8) is 0 Å². The number of likely N-dealkylation sites (tertiary alicyclic amines) is 1. The largest absolute Gasteiger partial charge is 0.325 e. The maximum absolute atomic E-state index is 5.96. The molecule has 1 saturated heterocycles. The second-order valence-electron chi connectivity index (χ2n) is 3.55. The summed E-state index contributed by atoms with van der Waals surface area (Å²) in [5.41, 5.74) is 5.96. The fraction of sp³-hybridized carbons (Fsp3) is 1.00. The van der Waals surface area contributed by atoms with Gasteiger partial charge in [-0.1, -0.05) is 20.8 Å². The van der Waals surface area contributed by atoms with Crippen molar-refractivity contribution >= 4 is 0 Å². The van der Waals surface area contributed by atoms with E-state index >= 15 is 0 Å². The van der Waals surface area contributed by atoms with Crippen LogP contribution in [0.4, 0.5) is 0 Å². The van der Waals surface area contributed by atoms with E-state index in [1.165, 1.54) is 0 Å². The molecule has 0 spiro atoms. The van der Waals surface area contributed by atoms with Crippen LogP contribution in [0.1, 0.15) is 22.2 Å². The van der Waals surface area contributed by atoms with Gasteiger partial charge in [-0.25, -0.2) is 0 Å². The third-order valence-electron chi connectivity index (χ3n) is 2.52. The van der Waals surface area contributed by atoms with Crippen LogP contribution in [0, 0.1) is 0 Å². The van der Waals surface area contributed by atoms with Crippen LogP contribution >= 0.6 is 0 Å². The van der Waals surface area contributed by atoms with E-state index in [2.05, 4.69) is 30.8 Å². The molecule has 0 aliphatic carbocycles. The van der Waals surface area contributed by atoms with Crippen molar-refractivity contribution < 1.29 is 1.43 Å². The van der Waals surface area contributed by atoms with Gasteiger partial charge in [-0.05, 0) is 20.6 Å². The molecule has 0 aromatic rings. The van der Waals surface area contributed by atoms with Gasteiger partial charge in [-0.2, -0.15) is 0 Å². The lowest BCUT2D eigenvalue weighted by Crippen LogP contribution is -2.43. The highest BCUT2D eigenvalue weighted by Crippen LogP contribution is 2.11. The molecule has 1 fully saturated rings. The van der Waals surface area contributed by atoms with Crippen molar-refractivity contribution in [2.24, 2.45) is 5.73 Å². The number of hydrogen-bond donors (Lipinski definition) is 1. The van der Waals surface area contributed by atoms with E-state index in [-0.39, 0.29) is 1.43 Å². The Hall–Kier alpha value is -0.120. The van der Waals surface area contributed by atoms with Gasteiger partial charge >= 0.3 is 0 Å². The normalized spacial score (nSPS) is 28.8. The van der Waals surface area contributed by atoms with Gasteiger partial charge in [-0.3, -0.25) is 0 Å². The summed E-state index contributed by atoms with van der Waals surface area (Å²) in [7, 11) is 4.20. The molecule has 0 aromatic carbocycles. The average Bonchev–Trinajstić information content (AvgIpc) is 2.50. The summed E-state index contributed by atoms with van der Waals surface area (Å²) in [6.07, 6.45) is 0. The number of nitrogens with zero attached hydrogens (tertiary/aromatic N) is 2. The van der Waals surface area contributed by atoms with Crippen LogP contribution in [0.5, 0.6) is 0 Å². The van der Waals surface area contributed by atoms with Crippen LogP contribution in [0.3, 0.4) is 0 Å². The minimum absolute atomic E-state index is 0. The van der Waals surface area contributed by atoms with E-state index < -0.39 is 0 Å². The summed E-state index contributed by atoms with van der Waals surface area (Å²) in [6.45, 7) is 9.49. The summed E-state index contributed by atoms with van der Waals surface area (Å²) in [5.74, 6) is 0. The fourth-order valence-corrected chi connectivity index (χ4v) is 1.70. The predicted molar refractivity (Wildman–Crippen MR) is 61.0 cm³/mol. The van der Waals surface area contributed by atoms with Gasteiger partial charge in [0.05, 0.1) is 0 Å². The molecule has 82 valence electrons. The number of rotatable bonds is 2. The minimum atomic E-state index is 0. The van der Waals surface area contributed by atoms with E-state index in [4.69, 9.17) is 5.73 Å². The van der Waals surface area contributed by atoms with Crippen LogP contribution in [0.2, 0.25) is 0 Å². The quantitative estimate of drug-likeness (QED) is 0.699. The molecule has 3 nitrogen and oxygen atoms in total. The Morgan fingerprint density at radius 3 is 2.15 bits per heavy atom. The second-order valence-corrected chi connectivity index (χ2v) is 3.55. The molecule has 1 rings (SSSR count). The molecule has 1 aliphatic rings. The third kappa shape index (κ3) is 3.63. The van der Waals surface area contributed by atoms with Gasteiger partial charge < -0.3 is 15.5 Å².